The van der Waals surface area contributed by atoms with E-state index < -0.39 is 17.8 Å². The fourth-order valence-corrected chi connectivity index (χ4v) is 2.75. The summed E-state index contributed by atoms with van der Waals surface area (Å²) in [5.41, 5.74) is 2.68. The van der Waals surface area contributed by atoms with Gasteiger partial charge >= 0.3 is 6.03 Å². The second-order valence-corrected chi connectivity index (χ2v) is 6.52. The van der Waals surface area contributed by atoms with Crippen molar-refractivity contribution in [3.63, 3.8) is 0 Å². The van der Waals surface area contributed by atoms with Gasteiger partial charge in [-0.15, -0.1) is 0 Å². The highest BCUT2D eigenvalue weighted by Gasteiger charge is 2.35. The molecule has 2 aromatic rings. The smallest absolute Gasteiger partial charge is 0.273 e. The van der Waals surface area contributed by atoms with Crippen LogP contribution in [0.15, 0.2) is 60.2 Å². The predicted molar refractivity (Wildman–Crippen MR) is 99.0 cm³/mol. The van der Waals surface area contributed by atoms with E-state index in [0.717, 1.165) is 16.0 Å². The third kappa shape index (κ3) is 3.72. The molecule has 0 aromatic heterocycles. The average Bonchev–Trinajstić information content (AvgIpc) is 2.63. The molecule has 1 saturated heterocycles. The van der Waals surface area contributed by atoms with Crippen molar-refractivity contribution in [1.82, 2.24) is 10.2 Å². The Hall–Kier alpha value is -3.21. The summed E-state index contributed by atoms with van der Waals surface area (Å²) in [6, 6.07) is 16.1. The van der Waals surface area contributed by atoms with Gasteiger partial charge in [0, 0.05) is 0 Å². The molecule has 1 fully saturated rings. The van der Waals surface area contributed by atoms with Crippen LogP contribution in [0.4, 0.5) is 4.79 Å². The minimum absolute atomic E-state index is 0.0437. The molecule has 0 bridgehead atoms. The molecule has 5 nitrogen and oxygen atoms in total. The number of imide groups is 2. The Kier molecular flexibility index (Phi) is 4.98. The van der Waals surface area contributed by atoms with Crippen molar-refractivity contribution < 1.29 is 14.4 Å². The van der Waals surface area contributed by atoms with Gasteiger partial charge in [0.2, 0.25) is 0 Å². The zero-order valence-electron chi connectivity index (χ0n) is 14.7. The van der Waals surface area contributed by atoms with Gasteiger partial charge in [0.05, 0.1) is 6.54 Å². The normalized spacial score (nSPS) is 16.3. The molecule has 2 aromatic carbocycles. The first-order chi connectivity index (χ1) is 12.5. The number of benzene rings is 2. The van der Waals surface area contributed by atoms with Gasteiger partial charge in [-0.25, -0.2) is 4.79 Å². The van der Waals surface area contributed by atoms with Crippen LogP contribution in [-0.2, 0) is 16.1 Å². The Balaban J connectivity index is 1.87. The Labute approximate surface area is 152 Å². The number of carbonyl (C=O) groups is 3. The van der Waals surface area contributed by atoms with Gasteiger partial charge in [-0.3, -0.25) is 19.8 Å². The predicted octanol–water partition coefficient (Wildman–Crippen LogP) is 3.47. The minimum atomic E-state index is -0.698. The summed E-state index contributed by atoms with van der Waals surface area (Å²) in [6.45, 7) is 4.31. The summed E-state index contributed by atoms with van der Waals surface area (Å²) < 4.78 is 0. The van der Waals surface area contributed by atoms with Crippen LogP contribution in [0.3, 0.4) is 0 Å². The van der Waals surface area contributed by atoms with E-state index in [-0.39, 0.29) is 12.1 Å². The summed E-state index contributed by atoms with van der Waals surface area (Å²) >= 11 is 0. The number of barbiturate groups is 1. The first-order valence-corrected chi connectivity index (χ1v) is 8.48. The monoisotopic (exact) mass is 348 g/mol. The van der Waals surface area contributed by atoms with E-state index in [1.165, 1.54) is 11.6 Å². The van der Waals surface area contributed by atoms with E-state index in [2.05, 4.69) is 19.2 Å². The largest absolute Gasteiger partial charge is 0.331 e. The number of urea groups is 1. The summed E-state index contributed by atoms with van der Waals surface area (Å²) in [5.74, 6) is -0.858. The standard InChI is InChI=1S/C21H20N2O3/c1-14(2)17-10-8-15(9-11-17)12-18-19(24)22-21(26)23(20(18)25)13-16-6-4-3-5-7-16/h3-12,14H,13H2,1-2H3,(H,22,24,26)/b18-12+. The maximum absolute atomic E-state index is 12.7. The number of nitrogens with one attached hydrogen (secondary N) is 1. The maximum Gasteiger partial charge on any atom is 0.331 e. The first-order valence-electron chi connectivity index (χ1n) is 8.48. The first kappa shape index (κ1) is 17.6. The third-order valence-electron chi connectivity index (χ3n) is 4.28. The van der Waals surface area contributed by atoms with Crippen molar-refractivity contribution in [2.45, 2.75) is 26.3 Å². The SMILES string of the molecule is CC(C)c1ccc(/C=C2\C(=O)NC(=O)N(Cc3ccccc3)C2=O)cc1. The second-order valence-electron chi connectivity index (χ2n) is 6.52. The van der Waals surface area contributed by atoms with Gasteiger partial charge in [-0.2, -0.15) is 0 Å². The fourth-order valence-electron chi connectivity index (χ4n) is 2.75. The molecule has 1 aliphatic rings. The Bertz CT molecular complexity index is 868. The lowest BCUT2D eigenvalue weighted by atomic mass is 10.0. The lowest BCUT2D eigenvalue weighted by Crippen LogP contribution is -2.53. The molecule has 0 aliphatic carbocycles. The third-order valence-corrected chi connectivity index (χ3v) is 4.28. The molecule has 0 spiro atoms. The highest BCUT2D eigenvalue weighted by Crippen LogP contribution is 2.19. The minimum Gasteiger partial charge on any atom is -0.273 e. The molecule has 5 heteroatoms. The second kappa shape index (κ2) is 7.35. The van der Waals surface area contributed by atoms with E-state index in [1.807, 2.05) is 54.6 Å². The van der Waals surface area contributed by atoms with Gasteiger partial charge < -0.3 is 0 Å². The Morgan fingerprint density at radius 3 is 2.23 bits per heavy atom. The summed E-state index contributed by atoms with van der Waals surface area (Å²) in [4.78, 5) is 38.0. The molecular weight excluding hydrogens is 328 g/mol. The molecule has 0 unspecified atom stereocenters. The van der Waals surface area contributed by atoms with Crippen molar-refractivity contribution in [3.8, 4) is 0 Å². The van der Waals surface area contributed by atoms with Crippen molar-refractivity contribution in [2.75, 3.05) is 0 Å². The molecule has 1 aliphatic heterocycles. The molecule has 26 heavy (non-hydrogen) atoms. The zero-order valence-corrected chi connectivity index (χ0v) is 14.7. The fraction of sp³-hybridized carbons (Fsp3) is 0.190. The maximum atomic E-state index is 12.7. The molecule has 0 radical (unpaired) electrons. The summed E-state index contributed by atoms with van der Waals surface area (Å²) in [5, 5.41) is 2.24. The van der Waals surface area contributed by atoms with Crippen LogP contribution in [0, 0.1) is 0 Å². The van der Waals surface area contributed by atoms with Gasteiger partial charge in [-0.1, -0.05) is 68.4 Å². The Morgan fingerprint density at radius 1 is 0.962 bits per heavy atom. The van der Waals surface area contributed by atoms with Crippen molar-refractivity contribution in [2.24, 2.45) is 0 Å². The van der Waals surface area contributed by atoms with Crippen molar-refractivity contribution in [3.05, 3.63) is 76.9 Å². The summed E-state index contributed by atoms with van der Waals surface area (Å²) in [6.07, 6.45) is 1.52. The van der Waals surface area contributed by atoms with Gasteiger partial charge in [0.25, 0.3) is 11.8 Å². The van der Waals surface area contributed by atoms with Crippen LogP contribution in [0.5, 0.6) is 0 Å². The molecule has 0 saturated carbocycles. The van der Waals surface area contributed by atoms with Crippen LogP contribution >= 0.6 is 0 Å². The number of amides is 4. The highest BCUT2D eigenvalue weighted by atomic mass is 16.2. The van der Waals surface area contributed by atoms with Crippen LogP contribution in [0.1, 0.15) is 36.5 Å². The van der Waals surface area contributed by atoms with Gasteiger partial charge in [-0.05, 0) is 28.7 Å². The molecule has 0 atom stereocenters. The van der Waals surface area contributed by atoms with Crippen LogP contribution in [-0.4, -0.2) is 22.7 Å². The molecule has 1 N–H and O–H groups in total. The topological polar surface area (TPSA) is 66.5 Å². The average molecular weight is 348 g/mol. The highest BCUT2D eigenvalue weighted by molar-refractivity contribution is 6.30. The van der Waals surface area contributed by atoms with E-state index in [4.69, 9.17) is 0 Å². The van der Waals surface area contributed by atoms with E-state index in [0.29, 0.717) is 5.92 Å². The zero-order chi connectivity index (χ0) is 18.7. The molecule has 1 heterocycles. The van der Waals surface area contributed by atoms with E-state index >= 15 is 0 Å². The van der Waals surface area contributed by atoms with E-state index in [1.54, 1.807) is 0 Å². The number of hydrogen-bond donors (Lipinski definition) is 1. The molecular formula is C21H20N2O3. The number of rotatable bonds is 4. The van der Waals surface area contributed by atoms with Crippen molar-refractivity contribution in [1.29, 1.82) is 0 Å². The lowest BCUT2D eigenvalue weighted by Gasteiger charge is -2.26. The number of nitrogens with zero attached hydrogens (tertiary/aromatic N) is 1. The van der Waals surface area contributed by atoms with Gasteiger partial charge in [0.1, 0.15) is 5.57 Å². The summed E-state index contributed by atoms with van der Waals surface area (Å²) in [7, 11) is 0. The molecule has 4 amide bonds. The van der Waals surface area contributed by atoms with Crippen molar-refractivity contribution >= 4 is 23.9 Å². The van der Waals surface area contributed by atoms with Crippen LogP contribution in [0.2, 0.25) is 0 Å². The van der Waals surface area contributed by atoms with Gasteiger partial charge in [0.15, 0.2) is 0 Å². The Morgan fingerprint density at radius 2 is 1.62 bits per heavy atom. The number of carbonyl (C=O) groups excluding carboxylic acids is 3. The van der Waals surface area contributed by atoms with Crippen LogP contribution < -0.4 is 5.32 Å². The van der Waals surface area contributed by atoms with Crippen LogP contribution in [0.25, 0.3) is 6.08 Å². The van der Waals surface area contributed by atoms with E-state index in [9.17, 15) is 14.4 Å². The quantitative estimate of drug-likeness (QED) is 0.679. The lowest BCUT2D eigenvalue weighted by molar-refractivity contribution is -0.130. The number of hydrogen-bond acceptors (Lipinski definition) is 3. The molecule has 132 valence electrons. The molecule has 3 rings (SSSR count).